The van der Waals surface area contributed by atoms with E-state index in [0.29, 0.717) is 19.4 Å². The first kappa shape index (κ1) is 17.4. The van der Waals surface area contributed by atoms with Crippen LogP contribution in [0, 0.1) is 0 Å². The highest BCUT2D eigenvalue weighted by Crippen LogP contribution is 2.19. The van der Waals surface area contributed by atoms with Gasteiger partial charge in [0.05, 0.1) is 6.26 Å². The molecule has 1 aliphatic rings. The van der Waals surface area contributed by atoms with Crippen molar-refractivity contribution in [2.24, 2.45) is 0 Å². The number of hydrogen-bond acceptors (Lipinski definition) is 4. The molecule has 2 rings (SSSR count). The Balaban J connectivity index is 2.22. The predicted molar refractivity (Wildman–Crippen MR) is 84.3 cm³/mol. The Morgan fingerprint density at radius 1 is 1.35 bits per heavy atom. The molecule has 0 bridgehead atoms. The first-order chi connectivity index (χ1) is 10.8. The number of aliphatic carboxylic acids is 1. The number of benzene rings is 1. The Hall–Kier alpha value is -1.93. The van der Waals surface area contributed by atoms with Gasteiger partial charge >= 0.3 is 5.97 Å². The molecular formula is C15H20N2O5S. The van der Waals surface area contributed by atoms with Crippen LogP contribution < -0.4 is 4.72 Å². The lowest BCUT2D eigenvalue weighted by atomic mass is 10.1. The molecule has 0 saturated carbocycles. The van der Waals surface area contributed by atoms with Crippen molar-refractivity contribution >= 4 is 21.9 Å². The fraction of sp³-hybridized carbons (Fsp3) is 0.467. The van der Waals surface area contributed by atoms with Crippen molar-refractivity contribution in [2.45, 2.75) is 31.3 Å². The second kappa shape index (κ2) is 7.10. The summed E-state index contributed by atoms with van der Waals surface area (Å²) in [6.07, 6.45) is 2.14. The van der Waals surface area contributed by atoms with Crippen LogP contribution in [0.4, 0.5) is 0 Å². The van der Waals surface area contributed by atoms with Crippen LogP contribution in [0.15, 0.2) is 30.3 Å². The molecule has 1 saturated heterocycles. The van der Waals surface area contributed by atoms with Crippen LogP contribution in [-0.4, -0.2) is 55.2 Å². The van der Waals surface area contributed by atoms with Gasteiger partial charge < -0.3 is 10.0 Å². The van der Waals surface area contributed by atoms with Crippen molar-refractivity contribution in [2.75, 3.05) is 12.8 Å². The van der Waals surface area contributed by atoms with Gasteiger partial charge in [0.25, 0.3) is 0 Å². The lowest BCUT2D eigenvalue weighted by molar-refractivity contribution is -0.148. The van der Waals surface area contributed by atoms with E-state index in [4.69, 9.17) is 0 Å². The van der Waals surface area contributed by atoms with Crippen molar-refractivity contribution in [3.05, 3.63) is 35.9 Å². The molecule has 1 aromatic rings. The van der Waals surface area contributed by atoms with E-state index in [9.17, 15) is 23.1 Å². The molecule has 23 heavy (non-hydrogen) atoms. The molecule has 0 aliphatic carbocycles. The summed E-state index contributed by atoms with van der Waals surface area (Å²) in [5.41, 5.74) is 0.799. The Bertz CT molecular complexity index is 674. The maximum atomic E-state index is 12.7. The zero-order valence-corrected chi connectivity index (χ0v) is 13.6. The quantitative estimate of drug-likeness (QED) is 0.771. The largest absolute Gasteiger partial charge is 0.480 e. The third-order valence-electron chi connectivity index (χ3n) is 3.76. The van der Waals surface area contributed by atoms with Gasteiger partial charge in [0.2, 0.25) is 15.9 Å². The van der Waals surface area contributed by atoms with Crippen LogP contribution in [0.2, 0.25) is 0 Å². The number of amides is 1. The van der Waals surface area contributed by atoms with Gasteiger partial charge in [0.15, 0.2) is 0 Å². The molecule has 7 nitrogen and oxygen atoms in total. The Morgan fingerprint density at radius 3 is 2.57 bits per heavy atom. The number of likely N-dealkylation sites (tertiary alicyclic amines) is 1. The molecule has 1 heterocycles. The summed E-state index contributed by atoms with van der Waals surface area (Å²) in [6, 6.07) is 7.12. The van der Waals surface area contributed by atoms with Crippen molar-refractivity contribution in [1.29, 1.82) is 0 Å². The van der Waals surface area contributed by atoms with Crippen LogP contribution >= 0.6 is 0 Å². The van der Waals surface area contributed by atoms with Crippen LogP contribution in [-0.2, 0) is 26.0 Å². The zero-order valence-electron chi connectivity index (χ0n) is 12.8. The monoisotopic (exact) mass is 340 g/mol. The Morgan fingerprint density at radius 2 is 2.00 bits per heavy atom. The minimum atomic E-state index is -3.60. The minimum Gasteiger partial charge on any atom is -0.480 e. The molecule has 0 aromatic heterocycles. The smallest absolute Gasteiger partial charge is 0.326 e. The summed E-state index contributed by atoms with van der Waals surface area (Å²) >= 11 is 0. The fourth-order valence-corrected chi connectivity index (χ4v) is 3.48. The molecule has 0 spiro atoms. The highest BCUT2D eigenvalue weighted by atomic mass is 32.2. The number of carbonyl (C=O) groups excluding carboxylic acids is 1. The van der Waals surface area contributed by atoms with Gasteiger partial charge in [-0.15, -0.1) is 0 Å². The number of nitrogens with one attached hydrogen (secondary N) is 1. The molecule has 1 fully saturated rings. The second-order valence-electron chi connectivity index (χ2n) is 5.66. The lowest BCUT2D eigenvalue weighted by Crippen LogP contribution is -2.52. The van der Waals surface area contributed by atoms with Crippen LogP contribution in [0.5, 0.6) is 0 Å². The second-order valence-corrected chi connectivity index (χ2v) is 7.44. The van der Waals surface area contributed by atoms with E-state index in [1.54, 1.807) is 24.3 Å². The normalized spacial score (nSPS) is 19.5. The number of carboxylic acids is 1. The van der Waals surface area contributed by atoms with Gasteiger partial charge in [0, 0.05) is 6.54 Å². The number of carboxylic acid groups (broad SMARTS) is 1. The molecule has 1 amide bonds. The molecule has 0 unspecified atom stereocenters. The van der Waals surface area contributed by atoms with Gasteiger partial charge in [-0.05, 0) is 24.8 Å². The Kier molecular flexibility index (Phi) is 5.38. The van der Waals surface area contributed by atoms with Crippen LogP contribution in [0.25, 0.3) is 0 Å². The van der Waals surface area contributed by atoms with Gasteiger partial charge in [-0.25, -0.2) is 17.9 Å². The van der Waals surface area contributed by atoms with Crippen molar-refractivity contribution in [3.63, 3.8) is 0 Å². The molecule has 8 heteroatoms. The SMILES string of the molecule is CS(=O)(=O)N[C@H](Cc1ccccc1)C(=O)N1CCC[C@H]1C(=O)O. The molecule has 2 N–H and O–H groups in total. The van der Waals surface area contributed by atoms with E-state index >= 15 is 0 Å². The molecular weight excluding hydrogens is 320 g/mol. The number of rotatable bonds is 6. The van der Waals surface area contributed by atoms with E-state index in [1.807, 2.05) is 6.07 Å². The summed E-state index contributed by atoms with van der Waals surface area (Å²) in [4.78, 5) is 25.2. The topological polar surface area (TPSA) is 104 Å². The third-order valence-corrected chi connectivity index (χ3v) is 4.47. The van der Waals surface area contributed by atoms with E-state index in [-0.39, 0.29) is 6.42 Å². The number of carbonyl (C=O) groups is 2. The Labute approximate surface area is 135 Å². The standard InChI is InChI=1S/C15H20N2O5S/c1-23(21,22)16-12(10-11-6-3-2-4-7-11)14(18)17-9-5-8-13(17)15(19)20/h2-4,6-7,12-13,16H,5,8-10H2,1H3,(H,19,20)/t12-,13+/m1/s1. The van der Waals surface area contributed by atoms with Crippen molar-refractivity contribution in [1.82, 2.24) is 9.62 Å². The molecule has 1 aromatic carbocycles. The van der Waals surface area contributed by atoms with E-state index in [2.05, 4.69) is 4.72 Å². The van der Waals surface area contributed by atoms with Gasteiger partial charge in [-0.1, -0.05) is 30.3 Å². The molecule has 2 atom stereocenters. The molecule has 1 aliphatic heterocycles. The number of nitrogens with zero attached hydrogens (tertiary/aromatic N) is 1. The summed E-state index contributed by atoms with van der Waals surface area (Å²) < 4.78 is 25.5. The summed E-state index contributed by atoms with van der Waals surface area (Å²) in [6.45, 7) is 0.326. The van der Waals surface area contributed by atoms with E-state index < -0.39 is 34.0 Å². The fourth-order valence-electron chi connectivity index (χ4n) is 2.77. The van der Waals surface area contributed by atoms with Gasteiger partial charge in [-0.3, -0.25) is 4.79 Å². The van der Waals surface area contributed by atoms with Crippen LogP contribution in [0.1, 0.15) is 18.4 Å². The maximum absolute atomic E-state index is 12.7. The highest BCUT2D eigenvalue weighted by molar-refractivity contribution is 7.88. The zero-order chi connectivity index (χ0) is 17.0. The van der Waals surface area contributed by atoms with E-state index in [1.165, 1.54) is 4.90 Å². The molecule has 0 radical (unpaired) electrons. The maximum Gasteiger partial charge on any atom is 0.326 e. The first-order valence-corrected chi connectivity index (χ1v) is 9.21. The number of hydrogen-bond donors (Lipinski definition) is 2. The van der Waals surface area contributed by atoms with E-state index in [0.717, 1.165) is 11.8 Å². The minimum absolute atomic E-state index is 0.176. The third kappa shape index (κ3) is 4.77. The summed E-state index contributed by atoms with van der Waals surface area (Å²) in [5.74, 6) is -1.56. The number of sulfonamides is 1. The highest BCUT2D eigenvalue weighted by Gasteiger charge is 2.37. The predicted octanol–water partition coefficient (Wildman–Crippen LogP) is 0.222. The molecule has 126 valence electrons. The van der Waals surface area contributed by atoms with Crippen molar-refractivity contribution in [3.8, 4) is 0 Å². The first-order valence-electron chi connectivity index (χ1n) is 7.32. The van der Waals surface area contributed by atoms with Gasteiger partial charge in [-0.2, -0.15) is 0 Å². The summed E-state index contributed by atoms with van der Waals surface area (Å²) in [7, 11) is -3.60. The van der Waals surface area contributed by atoms with Crippen molar-refractivity contribution < 1.29 is 23.1 Å². The lowest BCUT2D eigenvalue weighted by Gasteiger charge is -2.27. The summed E-state index contributed by atoms with van der Waals surface area (Å²) in [5, 5.41) is 9.20. The van der Waals surface area contributed by atoms with Crippen LogP contribution in [0.3, 0.4) is 0 Å². The van der Waals surface area contributed by atoms with Gasteiger partial charge in [0.1, 0.15) is 12.1 Å². The average molecular weight is 340 g/mol. The average Bonchev–Trinajstić information content (AvgIpc) is 2.95.